The fourth-order valence-corrected chi connectivity index (χ4v) is 4.08. The summed E-state index contributed by atoms with van der Waals surface area (Å²) in [5, 5.41) is 3.58. The Hall–Kier alpha value is -2.47. The van der Waals surface area contributed by atoms with Crippen molar-refractivity contribution in [1.29, 1.82) is 0 Å². The van der Waals surface area contributed by atoms with Crippen LogP contribution in [0.5, 0.6) is 0 Å². The lowest BCUT2D eigenvalue weighted by Crippen LogP contribution is -2.35. The van der Waals surface area contributed by atoms with E-state index in [1.807, 2.05) is 24.3 Å². The summed E-state index contributed by atoms with van der Waals surface area (Å²) >= 11 is 0. The predicted octanol–water partition coefficient (Wildman–Crippen LogP) is 2.81. The van der Waals surface area contributed by atoms with Gasteiger partial charge in [-0.1, -0.05) is 25.1 Å². The molecule has 1 fully saturated rings. The molecule has 2 aliphatic rings. The SMILES string of the molecule is C[C@H]1CCc2nc3ccccc3c(C(=O)OCC(=O)NC[C@H]3CCCO3)c2C1. The molecule has 6 heteroatoms. The monoisotopic (exact) mass is 382 g/mol. The van der Waals surface area contributed by atoms with E-state index in [2.05, 4.69) is 12.2 Å². The van der Waals surface area contributed by atoms with Crippen molar-refractivity contribution in [2.45, 2.75) is 45.1 Å². The number of nitrogens with one attached hydrogen (secondary N) is 1. The molecular weight excluding hydrogens is 356 g/mol. The molecule has 4 rings (SSSR count). The van der Waals surface area contributed by atoms with E-state index in [9.17, 15) is 9.59 Å². The second-order valence-electron chi connectivity index (χ2n) is 7.79. The Morgan fingerprint density at radius 2 is 2.14 bits per heavy atom. The molecule has 0 spiro atoms. The van der Waals surface area contributed by atoms with Gasteiger partial charge in [-0.2, -0.15) is 0 Å². The Morgan fingerprint density at radius 3 is 2.96 bits per heavy atom. The zero-order valence-electron chi connectivity index (χ0n) is 16.2. The predicted molar refractivity (Wildman–Crippen MR) is 105 cm³/mol. The van der Waals surface area contributed by atoms with Gasteiger partial charge in [-0.15, -0.1) is 0 Å². The molecule has 0 unspecified atom stereocenters. The van der Waals surface area contributed by atoms with Crippen LogP contribution in [0.1, 0.15) is 47.8 Å². The van der Waals surface area contributed by atoms with Crippen molar-refractivity contribution in [3.8, 4) is 0 Å². The summed E-state index contributed by atoms with van der Waals surface area (Å²) in [6.07, 6.45) is 4.78. The van der Waals surface area contributed by atoms with Gasteiger partial charge < -0.3 is 14.8 Å². The lowest BCUT2D eigenvalue weighted by Gasteiger charge is -2.24. The van der Waals surface area contributed by atoms with Crippen LogP contribution in [-0.4, -0.2) is 42.7 Å². The largest absolute Gasteiger partial charge is 0.452 e. The van der Waals surface area contributed by atoms with Gasteiger partial charge in [-0.05, 0) is 49.7 Å². The van der Waals surface area contributed by atoms with Crippen molar-refractivity contribution >= 4 is 22.8 Å². The zero-order valence-corrected chi connectivity index (χ0v) is 16.2. The van der Waals surface area contributed by atoms with E-state index < -0.39 is 5.97 Å². The molecule has 1 saturated heterocycles. The molecule has 148 valence electrons. The minimum absolute atomic E-state index is 0.0669. The third-order valence-electron chi connectivity index (χ3n) is 5.59. The molecule has 1 amide bonds. The van der Waals surface area contributed by atoms with E-state index >= 15 is 0 Å². The average molecular weight is 382 g/mol. The number of para-hydroxylation sites is 1. The van der Waals surface area contributed by atoms with Crippen LogP contribution in [-0.2, 0) is 27.1 Å². The number of aryl methyl sites for hydroxylation is 1. The van der Waals surface area contributed by atoms with Crippen LogP contribution in [0.4, 0.5) is 0 Å². The molecule has 6 nitrogen and oxygen atoms in total. The van der Waals surface area contributed by atoms with Gasteiger partial charge >= 0.3 is 5.97 Å². The third-order valence-corrected chi connectivity index (χ3v) is 5.59. The van der Waals surface area contributed by atoms with Gasteiger partial charge in [0.2, 0.25) is 0 Å². The molecule has 2 aromatic rings. The van der Waals surface area contributed by atoms with Gasteiger partial charge in [0.15, 0.2) is 6.61 Å². The number of hydrogen-bond donors (Lipinski definition) is 1. The number of esters is 1. The van der Waals surface area contributed by atoms with Crippen molar-refractivity contribution < 1.29 is 19.1 Å². The molecule has 28 heavy (non-hydrogen) atoms. The lowest BCUT2D eigenvalue weighted by atomic mass is 9.84. The van der Waals surface area contributed by atoms with Crippen molar-refractivity contribution in [3.05, 3.63) is 41.1 Å². The number of aromatic nitrogens is 1. The summed E-state index contributed by atoms with van der Waals surface area (Å²) < 4.78 is 10.9. The maximum atomic E-state index is 12.9. The number of nitrogens with zero attached hydrogens (tertiary/aromatic N) is 1. The van der Waals surface area contributed by atoms with E-state index in [0.29, 0.717) is 18.0 Å². The van der Waals surface area contributed by atoms with Crippen molar-refractivity contribution in [2.75, 3.05) is 19.8 Å². The molecule has 0 saturated carbocycles. The van der Waals surface area contributed by atoms with Crippen LogP contribution in [0.3, 0.4) is 0 Å². The van der Waals surface area contributed by atoms with E-state index in [1.165, 1.54) is 0 Å². The van der Waals surface area contributed by atoms with Crippen molar-refractivity contribution in [3.63, 3.8) is 0 Å². The maximum absolute atomic E-state index is 12.9. The van der Waals surface area contributed by atoms with E-state index in [4.69, 9.17) is 14.5 Å². The highest BCUT2D eigenvalue weighted by molar-refractivity contribution is 6.05. The van der Waals surface area contributed by atoms with Gasteiger partial charge in [0.1, 0.15) is 0 Å². The summed E-state index contributed by atoms with van der Waals surface area (Å²) in [6, 6.07) is 7.63. The first kappa shape index (κ1) is 18.9. The summed E-state index contributed by atoms with van der Waals surface area (Å²) in [6.45, 7) is 3.11. The smallest absolute Gasteiger partial charge is 0.339 e. The van der Waals surface area contributed by atoms with Crippen LogP contribution in [0.2, 0.25) is 0 Å². The average Bonchev–Trinajstić information content (AvgIpc) is 3.22. The topological polar surface area (TPSA) is 77.5 Å². The number of carbonyl (C=O) groups excluding carboxylic acids is 2. The molecular formula is C22H26N2O4. The number of rotatable bonds is 5. The van der Waals surface area contributed by atoms with Gasteiger partial charge in [0.25, 0.3) is 5.91 Å². The zero-order chi connectivity index (χ0) is 19.5. The van der Waals surface area contributed by atoms with Gasteiger partial charge in [-0.3, -0.25) is 9.78 Å². The van der Waals surface area contributed by atoms with E-state index in [0.717, 1.165) is 60.9 Å². The summed E-state index contributed by atoms with van der Waals surface area (Å²) in [7, 11) is 0. The Kier molecular flexibility index (Phi) is 5.57. The van der Waals surface area contributed by atoms with Gasteiger partial charge in [0.05, 0.1) is 17.2 Å². The number of ether oxygens (including phenoxy) is 2. The summed E-state index contributed by atoms with van der Waals surface area (Å²) in [5.41, 5.74) is 3.32. The van der Waals surface area contributed by atoms with Crippen LogP contribution in [0.25, 0.3) is 10.9 Å². The minimum atomic E-state index is -0.448. The molecule has 1 aliphatic carbocycles. The normalized spacial score (nSPS) is 21.3. The number of benzene rings is 1. The molecule has 2 atom stereocenters. The number of pyridine rings is 1. The second kappa shape index (κ2) is 8.27. The molecule has 0 radical (unpaired) electrons. The Balaban J connectivity index is 1.50. The number of hydrogen-bond acceptors (Lipinski definition) is 5. The Bertz CT molecular complexity index is 889. The highest BCUT2D eigenvalue weighted by Crippen LogP contribution is 2.31. The van der Waals surface area contributed by atoms with Gasteiger partial charge in [0, 0.05) is 24.2 Å². The van der Waals surface area contributed by atoms with E-state index in [1.54, 1.807) is 0 Å². The van der Waals surface area contributed by atoms with Crippen LogP contribution in [0.15, 0.2) is 24.3 Å². The van der Waals surface area contributed by atoms with Crippen molar-refractivity contribution in [2.24, 2.45) is 5.92 Å². The minimum Gasteiger partial charge on any atom is -0.452 e. The van der Waals surface area contributed by atoms with Crippen molar-refractivity contribution in [1.82, 2.24) is 10.3 Å². The molecule has 1 aromatic heterocycles. The molecule has 1 aromatic carbocycles. The number of carbonyl (C=O) groups is 2. The third kappa shape index (κ3) is 4.02. The quantitative estimate of drug-likeness (QED) is 0.805. The van der Waals surface area contributed by atoms with Crippen LogP contribution >= 0.6 is 0 Å². The molecule has 2 heterocycles. The summed E-state index contributed by atoms with van der Waals surface area (Å²) in [5.74, 6) is -0.252. The molecule has 1 N–H and O–H groups in total. The van der Waals surface area contributed by atoms with Gasteiger partial charge in [-0.25, -0.2) is 4.79 Å². The second-order valence-corrected chi connectivity index (χ2v) is 7.79. The first-order valence-corrected chi connectivity index (χ1v) is 10.1. The maximum Gasteiger partial charge on any atom is 0.339 e. The first-order valence-electron chi connectivity index (χ1n) is 10.1. The fourth-order valence-electron chi connectivity index (χ4n) is 4.08. The Morgan fingerprint density at radius 1 is 1.29 bits per heavy atom. The van der Waals surface area contributed by atoms with E-state index in [-0.39, 0.29) is 18.6 Å². The number of fused-ring (bicyclic) bond motifs is 2. The molecule has 0 bridgehead atoms. The Labute approximate surface area is 164 Å². The highest BCUT2D eigenvalue weighted by atomic mass is 16.5. The van der Waals surface area contributed by atoms with Crippen LogP contribution < -0.4 is 5.32 Å². The molecule has 1 aliphatic heterocycles. The van der Waals surface area contributed by atoms with Crippen LogP contribution in [0, 0.1) is 5.92 Å². The highest BCUT2D eigenvalue weighted by Gasteiger charge is 2.26. The number of amides is 1. The fraction of sp³-hybridized carbons (Fsp3) is 0.500. The first-order chi connectivity index (χ1) is 13.6. The standard InChI is InChI=1S/C22H26N2O4/c1-14-8-9-19-17(11-14)21(16-6-2-3-7-18(16)24-19)22(26)28-13-20(25)23-12-15-5-4-10-27-15/h2-3,6-7,14-15H,4-5,8-13H2,1H3,(H,23,25)/t14-,15+/m0/s1. The summed E-state index contributed by atoms with van der Waals surface area (Å²) in [4.78, 5) is 29.8. The lowest BCUT2D eigenvalue weighted by molar-refractivity contribution is -0.124.